The Kier molecular flexibility index (Phi) is 9.96. The van der Waals surface area contributed by atoms with Crippen LogP contribution in [0.4, 0.5) is 0 Å². The van der Waals surface area contributed by atoms with Crippen molar-refractivity contribution in [3.63, 3.8) is 0 Å². The molecule has 9 atom stereocenters. The number of epoxide rings is 1. The zero-order valence-corrected chi connectivity index (χ0v) is 22.0. The van der Waals surface area contributed by atoms with Gasteiger partial charge in [-0.2, -0.15) is 0 Å². The Labute approximate surface area is 220 Å². The van der Waals surface area contributed by atoms with Crippen molar-refractivity contribution in [1.29, 1.82) is 0 Å². The van der Waals surface area contributed by atoms with E-state index in [-0.39, 0.29) is 36.9 Å². The first kappa shape index (κ1) is 28.0. The van der Waals surface area contributed by atoms with Crippen molar-refractivity contribution >= 4 is 5.97 Å². The van der Waals surface area contributed by atoms with E-state index in [0.29, 0.717) is 25.4 Å². The van der Waals surface area contributed by atoms with Gasteiger partial charge in [0.05, 0.1) is 43.2 Å². The van der Waals surface area contributed by atoms with Gasteiger partial charge in [0, 0.05) is 12.5 Å². The summed E-state index contributed by atoms with van der Waals surface area (Å²) in [6, 6.07) is 0. The van der Waals surface area contributed by atoms with E-state index >= 15 is 0 Å². The summed E-state index contributed by atoms with van der Waals surface area (Å²) in [4.78, 5) is 12.6. The third-order valence-corrected chi connectivity index (χ3v) is 7.43. The van der Waals surface area contributed by atoms with Crippen LogP contribution in [0, 0.1) is 5.92 Å². The SMILES string of the molecule is C=C1CC(C)C[C@@H]2CC=C[C@@H](C/C=C\C(=O)O[C@@H](/C=C/[C@@H]3CC(C)=CCO3)[C@@H](O)C[C@@H]3O[C@H]3[C@@H](O)C1)O2. The lowest BCUT2D eigenvalue weighted by atomic mass is 9.91. The molecule has 0 aliphatic carbocycles. The zero-order chi connectivity index (χ0) is 26.4. The van der Waals surface area contributed by atoms with Crippen molar-refractivity contribution in [2.45, 2.75) is 108 Å². The number of aliphatic hydroxyl groups is 2. The fraction of sp³-hybridized carbons (Fsp3) is 0.633. The molecule has 0 aromatic rings. The van der Waals surface area contributed by atoms with E-state index < -0.39 is 24.3 Å². The van der Waals surface area contributed by atoms with Gasteiger partial charge >= 0.3 is 5.97 Å². The molecule has 4 aliphatic rings. The molecule has 4 rings (SSSR count). The molecule has 37 heavy (non-hydrogen) atoms. The summed E-state index contributed by atoms with van der Waals surface area (Å²) in [5.41, 5.74) is 2.23. The maximum Gasteiger partial charge on any atom is 0.331 e. The smallest absolute Gasteiger partial charge is 0.331 e. The van der Waals surface area contributed by atoms with E-state index in [1.54, 1.807) is 12.2 Å². The molecule has 4 heterocycles. The highest BCUT2D eigenvalue weighted by molar-refractivity contribution is 5.82. The first-order valence-corrected chi connectivity index (χ1v) is 13.6. The molecule has 1 fully saturated rings. The lowest BCUT2D eigenvalue weighted by Gasteiger charge is -2.28. The Morgan fingerprint density at radius 3 is 2.68 bits per heavy atom. The van der Waals surface area contributed by atoms with Crippen LogP contribution in [-0.2, 0) is 23.7 Å². The van der Waals surface area contributed by atoms with Gasteiger partial charge in [0.15, 0.2) is 0 Å². The quantitative estimate of drug-likeness (QED) is 0.325. The number of cyclic esters (lactones) is 1. The van der Waals surface area contributed by atoms with Crippen LogP contribution in [-0.4, -0.2) is 71.6 Å². The molecular weight excluding hydrogens is 472 g/mol. The molecule has 0 aromatic carbocycles. The summed E-state index contributed by atoms with van der Waals surface area (Å²) in [5.74, 6) is -0.149. The van der Waals surface area contributed by atoms with Crippen molar-refractivity contribution in [1.82, 2.24) is 0 Å². The average molecular weight is 515 g/mol. The number of carbonyl (C=O) groups is 1. The second-order valence-corrected chi connectivity index (χ2v) is 11.0. The van der Waals surface area contributed by atoms with Gasteiger partial charge in [-0.1, -0.05) is 55.0 Å². The van der Waals surface area contributed by atoms with Gasteiger partial charge in [-0.3, -0.25) is 0 Å². The monoisotopic (exact) mass is 514 g/mol. The fourth-order valence-corrected chi connectivity index (χ4v) is 5.44. The first-order valence-electron chi connectivity index (χ1n) is 13.6. The van der Waals surface area contributed by atoms with Crippen LogP contribution in [0.25, 0.3) is 0 Å². The minimum Gasteiger partial charge on any atom is -0.452 e. The minimum atomic E-state index is -0.980. The van der Waals surface area contributed by atoms with Crippen LogP contribution in [0.1, 0.15) is 58.8 Å². The lowest BCUT2D eigenvalue weighted by Crippen LogP contribution is -2.32. The van der Waals surface area contributed by atoms with Crippen LogP contribution in [0.5, 0.6) is 0 Å². The van der Waals surface area contributed by atoms with Gasteiger partial charge in [0.2, 0.25) is 0 Å². The molecule has 4 aliphatic heterocycles. The van der Waals surface area contributed by atoms with E-state index in [1.165, 1.54) is 11.6 Å². The molecule has 1 unspecified atom stereocenters. The Morgan fingerprint density at radius 1 is 1.03 bits per heavy atom. The third-order valence-electron chi connectivity index (χ3n) is 7.43. The molecule has 0 radical (unpaired) electrons. The molecule has 2 N–H and O–H groups in total. The summed E-state index contributed by atoms with van der Waals surface area (Å²) >= 11 is 0. The van der Waals surface area contributed by atoms with Crippen LogP contribution in [0.3, 0.4) is 0 Å². The van der Waals surface area contributed by atoms with Crippen molar-refractivity contribution in [3.05, 3.63) is 60.3 Å². The standard InChI is InChI=1S/C30H42O7/c1-19-12-13-34-23(15-19)10-11-27-25(31)18-28-30(37-28)26(32)17-21(3)14-20(2)16-24-8-4-6-22(35-24)7-5-9-29(33)36-27/h4-6,9-12,20,22-28,30-32H,3,7-8,13-18H2,1-2H3/b9-5-,11-10+/t20?,22-,23+,24-,25-,26-,27-,28-,30-/m0/s1. The van der Waals surface area contributed by atoms with Crippen LogP contribution < -0.4 is 0 Å². The Bertz CT molecular complexity index is 919. The number of aliphatic hydroxyl groups excluding tert-OH is 2. The molecule has 1 saturated heterocycles. The molecule has 0 aromatic heterocycles. The van der Waals surface area contributed by atoms with Crippen molar-refractivity contribution < 1.29 is 34.0 Å². The summed E-state index contributed by atoms with van der Waals surface area (Å²) < 4.78 is 23.3. The Hall–Kier alpha value is -2.03. The topological polar surface area (TPSA) is 97.8 Å². The van der Waals surface area contributed by atoms with Gasteiger partial charge in [-0.05, 0) is 57.4 Å². The van der Waals surface area contributed by atoms with E-state index in [0.717, 1.165) is 31.3 Å². The predicted octanol–water partition coefficient (Wildman–Crippen LogP) is 4.11. The number of rotatable bonds is 2. The zero-order valence-electron chi connectivity index (χ0n) is 22.0. The molecule has 0 saturated carbocycles. The molecule has 0 spiro atoms. The number of hydrogen-bond acceptors (Lipinski definition) is 7. The molecule has 2 bridgehead atoms. The summed E-state index contributed by atoms with van der Waals surface area (Å²) in [7, 11) is 0. The Morgan fingerprint density at radius 2 is 1.86 bits per heavy atom. The lowest BCUT2D eigenvalue weighted by molar-refractivity contribution is -0.145. The average Bonchev–Trinajstić information content (AvgIpc) is 3.60. The van der Waals surface area contributed by atoms with Gasteiger partial charge in [-0.15, -0.1) is 0 Å². The molecule has 204 valence electrons. The number of hydrogen-bond donors (Lipinski definition) is 2. The van der Waals surface area contributed by atoms with E-state index in [1.807, 2.05) is 18.2 Å². The van der Waals surface area contributed by atoms with E-state index in [9.17, 15) is 15.0 Å². The highest BCUT2D eigenvalue weighted by atomic mass is 16.6. The largest absolute Gasteiger partial charge is 0.452 e. The van der Waals surface area contributed by atoms with Gasteiger partial charge in [0.25, 0.3) is 0 Å². The summed E-state index contributed by atoms with van der Waals surface area (Å²) in [6.45, 7) is 8.96. The normalized spacial score (nSPS) is 41.1. The number of carbonyl (C=O) groups excluding carboxylic acids is 1. The third kappa shape index (κ3) is 8.76. The van der Waals surface area contributed by atoms with Gasteiger partial charge in [-0.25, -0.2) is 4.79 Å². The number of fused-ring (bicyclic) bond motifs is 3. The molecule has 7 nitrogen and oxygen atoms in total. The van der Waals surface area contributed by atoms with Crippen LogP contribution in [0.2, 0.25) is 0 Å². The van der Waals surface area contributed by atoms with Gasteiger partial charge < -0.3 is 29.2 Å². The number of esters is 1. The highest BCUT2D eigenvalue weighted by Crippen LogP contribution is 2.34. The van der Waals surface area contributed by atoms with Crippen molar-refractivity contribution in [2.75, 3.05) is 6.61 Å². The maximum absolute atomic E-state index is 12.6. The fourth-order valence-electron chi connectivity index (χ4n) is 5.44. The molecule has 7 heteroatoms. The highest BCUT2D eigenvalue weighted by Gasteiger charge is 2.46. The molecular formula is C30H42O7. The maximum atomic E-state index is 12.6. The number of ether oxygens (including phenoxy) is 4. The molecule has 0 amide bonds. The first-order chi connectivity index (χ1) is 17.8. The minimum absolute atomic E-state index is 0.0904. The second kappa shape index (κ2) is 13.2. The second-order valence-electron chi connectivity index (χ2n) is 11.0. The van der Waals surface area contributed by atoms with Crippen molar-refractivity contribution in [2.24, 2.45) is 5.92 Å². The predicted molar refractivity (Wildman–Crippen MR) is 141 cm³/mol. The Balaban J connectivity index is 1.46. The summed E-state index contributed by atoms with van der Waals surface area (Å²) in [6.07, 6.45) is 14.3. The van der Waals surface area contributed by atoms with Crippen LogP contribution >= 0.6 is 0 Å². The summed E-state index contributed by atoms with van der Waals surface area (Å²) in [5, 5.41) is 21.7. The van der Waals surface area contributed by atoms with E-state index in [4.69, 9.17) is 18.9 Å². The van der Waals surface area contributed by atoms with Crippen LogP contribution in [0.15, 0.2) is 60.3 Å². The van der Waals surface area contributed by atoms with E-state index in [2.05, 4.69) is 26.5 Å². The van der Waals surface area contributed by atoms with Crippen molar-refractivity contribution in [3.8, 4) is 0 Å². The van der Waals surface area contributed by atoms with Gasteiger partial charge in [0.1, 0.15) is 12.2 Å².